The van der Waals surface area contributed by atoms with Gasteiger partial charge in [0.05, 0.1) is 11.9 Å². The molecule has 0 aliphatic carbocycles. The summed E-state index contributed by atoms with van der Waals surface area (Å²) in [5.41, 5.74) is 8.82. The molecular formula is C14H18FN3. The first-order chi connectivity index (χ1) is 8.60. The van der Waals surface area contributed by atoms with Gasteiger partial charge in [0.15, 0.2) is 0 Å². The molecular weight excluding hydrogens is 229 g/mol. The number of hydrogen-bond donors (Lipinski definition) is 1. The first-order valence-corrected chi connectivity index (χ1v) is 6.15. The molecule has 1 atom stereocenters. The topological polar surface area (TPSA) is 43.8 Å². The van der Waals surface area contributed by atoms with Crippen LogP contribution in [0.3, 0.4) is 0 Å². The number of rotatable bonds is 4. The highest BCUT2D eigenvalue weighted by atomic mass is 19.1. The monoisotopic (exact) mass is 247 g/mol. The number of halogens is 1. The van der Waals surface area contributed by atoms with Gasteiger partial charge in [-0.2, -0.15) is 5.10 Å². The van der Waals surface area contributed by atoms with Crippen molar-refractivity contribution in [1.29, 1.82) is 0 Å². The number of nitrogens with two attached hydrogens (primary N) is 1. The highest BCUT2D eigenvalue weighted by Gasteiger charge is 2.10. The summed E-state index contributed by atoms with van der Waals surface area (Å²) in [5, 5.41) is 4.26. The van der Waals surface area contributed by atoms with Crippen molar-refractivity contribution in [2.45, 2.75) is 32.7 Å². The molecule has 0 bridgehead atoms. The molecule has 2 rings (SSSR count). The summed E-state index contributed by atoms with van der Waals surface area (Å²) in [6.45, 7) is 4.01. The second kappa shape index (κ2) is 5.31. The molecule has 1 aromatic carbocycles. The maximum atomic E-state index is 13.4. The second-order valence-corrected chi connectivity index (χ2v) is 4.61. The van der Waals surface area contributed by atoms with Crippen LogP contribution in [0, 0.1) is 12.7 Å². The molecule has 2 N–H and O–H groups in total. The van der Waals surface area contributed by atoms with E-state index < -0.39 is 0 Å². The zero-order chi connectivity index (χ0) is 13.1. The van der Waals surface area contributed by atoms with Gasteiger partial charge in [-0.1, -0.05) is 6.92 Å². The van der Waals surface area contributed by atoms with Crippen LogP contribution in [-0.2, 0) is 6.42 Å². The lowest BCUT2D eigenvalue weighted by molar-refractivity contribution is 0.611. The molecule has 18 heavy (non-hydrogen) atoms. The maximum absolute atomic E-state index is 13.4. The van der Waals surface area contributed by atoms with Crippen LogP contribution in [0.5, 0.6) is 0 Å². The van der Waals surface area contributed by atoms with Gasteiger partial charge in [-0.05, 0) is 49.1 Å². The van der Waals surface area contributed by atoms with E-state index in [1.54, 1.807) is 23.0 Å². The van der Waals surface area contributed by atoms with Crippen LogP contribution in [0.15, 0.2) is 30.6 Å². The zero-order valence-electron chi connectivity index (χ0n) is 10.7. The third-order valence-electron chi connectivity index (χ3n) is 3.01. The van der Waals surface area contributed by atoms with E-state index in [4.69, 9.17) is 5.73 Å². The van der Waals surface area contributed by atoms with Gasteiger partial charge < -0.3 is 5.73 Å². The van der Waals surface area contributed by atoms with Crippen molar-refractivity contribution in [2.75, 3.05) is 0 Å². The standard InChI is InChI=1S/C14H18FN3/c1-3-13(16)7-11-6-12(15)4-5-14(11)18-9-10(2)8-17-18/h4-6,8-9,13H,3,7,16H2,1-2H3. The van der Waals surface area contributed by atoms with E-state index in [1.165, 1.54) is 6.07 Å². The van der Waals surface area contributed by atoms with Crippen molar-refractivity contribution in [3.05, 3.63) is 47.5 Å². The molecule has 0 aliphatic rings. The Morgan fingerprint density at radius 3 is 2.83 bits per heavy atom. The number of hydrogen-bond acceptors (Lipinski definition) is 2. The summed E-state index contributed by atoms with van der Waals surface area (Å²) in [4.78, 5) is 0. The molecule has 0 radical (unpaired) electrons. The van der Waals surface area contributed by atoms with Crippen LogP contribution >= 0.6 is 0 Å². The van der Waals surface area contributed by atoms with E-state index in [1.807, 2.05) is 20.0 Å². The van der Waals surface area contributed by atoms with Gasteiger partial charge >= 0.3 is 0 Å². The molecule has 3 nitrogen and oxygen atoms in total. The predicted octanol–water partition coefficient (Wildman–Crippen LogP) is 2.60. The SMILES string of the molecule is CCC(N)Cc1cc(F)ccc1-n1cc(C)cn1. The molecule has 1 aromatic heterocycles. The molecule has 4 heteroatoms. The number of nitrogens with zero attached hydrogens (tertiary/aromatic N) is 2. The van der Waals surface area contributed by atoms with Gasteiger partial charge in [-0.3, -0.25) is 0 Å². The van der Waals surface area contributed by atoms with Crippen LogP contribution in [0.2, 0.25) is 0 Å². The van der Waals surface area contributed by atoms with E-state index >= 15 is 0 Å². The Bertz CT molecular complexity index is 534. The summed E-state index contributed by atoms with van der Waals surface area (Å²) < 4.78 is 15.1. The minimum absolute atomic E-state index is 0.0437. The van der Waals surface area contributed by atoms with E-state index in [-0.39, 0.29) is 11.9 Å². The first-order valence-electron chi connectivity index (χ1n) is 6.15. The molecule has 2 aromatic rings. The quantitative estimate of drug-likeness (QED) is 0.902. The fourth-order valence-electron chi connectivity index (χ4n) is 1.91. The number of aryl methyl sites for hydroxylation is 1. The number of aromatic nitrogens is 2. The van der Waals surface area contributed by atoms with Crippen LogP contribution in [0.4, 0.5) is 4.39 Å². The Balaban J connectivity index is 2.40. The molecule has 0 aliphatic heterocycles. The Kier molecular flexibility index (Phi) is 3.77. The molecule has 0 amide bonds. The first kappa shape index (κ1) is 12.8. The summed E-state index contributed by atoms with van der Waals surface area (Å²) in [7, 11) is 0. The van der Waals surface area contributed by atoms with Gasteiger partial charge in [0, 0.05) is 12.2 Å². The average Bonchev–Trinajstić information content (AvgIpc) is 2.75. The minimum Gasteiger partial charge on any atom is -0.327 e. The predicted molar refractivity (Wildman–Crippen MR) is 70.2 cm³/mol. The molecule has 0 fully saturated rings. The summed E-state index contributed by atoms with van der Waals surface area (Å²) >= 11 is 0. The smallest absolute Gasteiger partial charge is 0.123 e. The molecule has 0 saturated heterocycles. The van der Waals surface area contributed by atoms with Gasteiger partial charge in [0.25, 0.3) is 0 Å². The lowest BCUT2D eigenvalue weighted by Gasteiger charge is -2.13. The van der Waals surface area contributed by atoms with E-state index in [2.05, 4.69) is 5.10 Å². The van der Waals surface area contributed by atoms with Gasteiger partial charge in [-0.25, -0.2) is 9.07 Å². The number of benzene rings is 1. The maximum Gasteiger partial charge on any atom is 0.123 e. The second-order valence-electron chi connectivity index (χ2n) is 4.61. The molecule has 96 valence electrons. The van der Waals surface area contributed by atoms with Gasteiger partial charge in [0.1, 0.15) is 5.82 Å². The third-order valence-corrected chi connectivity index (χ3v) is 3.01. The molecule has 1 unspecified atom stereocenters. The Morgan fingerprint density at radius 1 is 1.44 bits per heavy atom. The van der Waals surface area contributed by atoms with E-state index in [0.717, 1.165) is 23.2 Å². The van der Waals surface area contributed by atoms with Crippen molar-refractivity contribution < 1.29 is 4.39 Å². The zero-order valence-corrected chi connectivity index (χ0v) is 10.7. The summed E-state index contributed by atoms with van der Waals surface area (Å²) in [5.74, 6) is -0.235. The lowest BCUT2D eigenvalue weighted by atomic mass is 10.0. The third kappa shape index (κ3) is 2.76. The van der Waals surface area contributed by atoms with Crippen molar-refractivity contribution in [1.82, 2.24) is 9.78 Å². The van der Waals surface area contributed by atoms with E-state index in [9.17, 15) is 4.39 Å². The van der Waals surface area contributed by atoms with Crippen molar-refractivity contribution in [3.63, 3.8) is 0 Å². The van der Waals surface area contributed by atoms with Gasteiger partial charge in [0.2, 0.25) is 0 Å². The lowest BCUT2D eigenvalue weighted by Crippen LogP contribution is -2.22. The van der Waals surface area contributed by atoms with Crippen molar-refractivity contribution in [3.8, 4) is 5.69 Å². The molecule has 0 saturated carbocycles. The van der Waals surface area contributed by atoms with Gasteiger partial charge in [-0.15, -0.1) is 0 Å². The fraction of sp³-hybridized carbons (Fsp3) is 0.357. The van der Waals surface area contributed by atoms with Crippen LogP contribution < -0.4 is 5.73 Å². The minimum atomic E-state index is -0.235. The van der Waals surface area contributed by atoms with Crippen molar-refractivity contribution >= 4 is 0 Å². The highest BCUT2D eigenvalue weighted by molar-refractivity contribution is 5.41. The Labute approximate surface area is 106 Å². The van der Waals surface area contributed by atoms with Crippen LogP contribution in [-0.4, -0.2) is 15.8 Å². The van der Waals surface area contributed by atoms with E-state index in [0.29, 0.717) is 6.42 Å². The average molecular weight is 247 g/mol. The van der Waals surface area contributed by atoms with Crippen LogP contribution in [0.1, 0.15) is 24.5 Å². The summed E-state index contributed by atoms with van der Waals surface area (Å²) in [6.07, 6.45) is 5.23. The molecule has 0 spiro atoms. The van der Waals surface area contributed by atoms with Crippen molar-refractivity contribution in [2.24, 2.45) is 5.73 Å². The molecule has 1 heterocycles. The normalized spacial score (nSPS) is 12.7. The fourth-order valence-corrected chi connectivity index (χ4v) is 1.91. The Morgan fingerprint density at radius 2 is 2.22 bits per heavy atom. The van der Waals surface area contributed by atoms with Crippen LogP contribution in [0.25, 0.3) is 5.69 Å². The summed E-state index contributed by atoms with van der Waals surface area (Å²) in [6, 6.07) is 4.79. The highest BCUT2D eigenvalue weighted by Crippen LogP contribution is 2.18. The Hall–Kier alpha value is -1.68. The largest absolute Gasteiger partial charge is 0.327 e.